The minimum atomic E-state index is -0.295. The zero-order valence-corrected chi connectivity index (χ0v) is 16.9. The fraction of sp³-hybridized carbons (Fsp3) is 0.364. The van der Waals surface area contributed by atoms with E-state index in [-0.39, 0.29) is 23.8 Å². The monoisotopic (exact) mass is 384 g/mol. The lowest BCUT2D eigenvalue weighted by Crippen LogP contribution is -2.27. The van der Waals surface area contributed by atoms with Crippen LogP contribution in [0.4, 0.5) is 5.69 Å². The van der Waals surface area contributed by atoms with Crippen LogP contribution in [-0.2, 0) is 14.9 Å². The Balaban J connectivity index is 1.87. The van der Waals surface area contributed by atoms with Gasteiger partial charge in [0.15, 0.2) is 6.61 Å². The second kappa shape index (κ2) is 9.90. The Morgan fingerprint density at radius 1 is 1.04 bits per heavy atom. The summed E-state index contributed by atoms with van der Waals surface area (Å²) >= 11 is 0. The van der Waals surface area contributed by atoms with Crippen molar-refractivity contribution >= 4 is 17.5 Å². The van der Waals surface area contributed by atoms with E-state index in [1.165, 1.54) is 5.56 Å². The molecule has 6 heteroatoms. The molecule has 0 fully saturated rings. The maximum atomic E-state index is 12.2. The third-order valence-electron chi connectivity index (χ3n) is 4.09. The minimum absolute atomic E-state index is 0.0662. The van der Waals surface area contributed by atoms with Gasteiger partial charge in [-0.1, -0.05) is 39.0 Å². The Morgan fingerprint density at radius 2 is 1.75 bits per heavy atom. The molecule has 2 rings (SSSR count). The van der Waals surface area contributed by atoms with Crippen LogP contribution in [-0.4, -0.2) is 38.7 Å². The highest BCUT2D eigenvalue weighted by atomic mass is 16.5. The fourth-order valence-corrected chi connectivity index (χ4v) is 2.50. The number of amides is 2. The van der Waals surface area contributed by atoms with E-state index in [1.54, 1.807) is 31.4 Å². The quantitative estimate of drug-likeness (QED) is 0.684. The second-order valence-corrected chi connectivity index (χ2v) is 7.44. The molecule has 0 aromatic heterocycles. The lowest BCUT2D eigenvalue weighted by atomic mass is 9.87. The summed E-state index contributed by atoms with van der Waals surface area (Å²) in [6, 6.07) is 14.5. The van der Waals surface area contributed by atoms with E-state index < -0.39 is 0 Å². The molecule has 0 heterocycles. The molecule has 0 aliphatic rings. The molecule has 150 valence electrons. The van der Waals surface area contributed by atoms with E-state index in [2.05, 4.69) is 31.4 Å². The maximum Gasteiger partial charge on any atom is 0.262 e. The van der Waals surface area contributed by atoms with Crippen LogP contribution in [0.5, 0.6) is 5.75 Å². The van der Waals surface area contributed by atoms with Gasteiger partial charge in [-0.3, -0.25) is 9.59 Å². The van der Waals surface area contributed by atoms with Gasteiger partial charge < -0.3 is 20.1 Å². The number of carbonyl (C=O) groups excluding carboxylic acids is 2. The molecule has 0 aliphatic heterocycles. The van der Waals surface area contributed by atoms with Crippen LogP contribution < -0.4 is 15.4 Å². The molecule has 2 N–H and O–H groups in total. The highest BCUT2D eigenvalue weighted by Crippen LogP contribution is 2.24. The van der Waals surface area contributed by atoms with Gasteiger partial charge in [-0.25, -0.2) is 0 Å². The van der Waals surface area contributed by atoms with Crippen LogP contribution >= 0.6 is 0 Å². The SMILES string of the molecule is COCCNC(=O)c1cccc(NC(=O)COc2ccc(C(C)(C)C)cc2)c1. The van der Waals surface area contributed by atoms with Crippen molar-refractivity contribution in [1.82, 2.24) is 5.32 Å². The van der Waals surface area contributed by atoms with E-state index in [0.29, 0.717) is 30.2 Å². The number of hydrogen-bond acceptors (Lipinski definition) is 4. The average Bonchev–Trinajstić information content (AvgIpc) is 2.66. The molecule has 0 aliphatic carbocycles. The van der Waals surface area contributed by atoms with Gasteiger partial charge in [0.1, 0.15) is 5.75 Å². The molecule has 0 saturated heterocycles. The van der Waals surface area contributed by atoms with Crippen LogP contribution in [0.3, 0.4) is 0 Å². The molecule has 0 bridgehead atoms. The zero-order chi connectivity index (χ0) is 20.6. The minimum Gasteiger partial charge on any atom is -0.484 e. The van der Waals surface area contributed by atoms with E-state index in [4.69, 9.17) is 9.47 Å². The smallest absolute Gasteiger partial charge is 0.262 e. The molecule has 0 atom stereocenters. The predicted octanol–water partition coefficient (Wildman–Crippen LogP) is 3.38. The lowest BCUT2D eigenvalue weighted by Gasteiger charge is -2.19. The van der Waals surface area contributed by atoms with Gasteiger partial charge in [0.2, 0.25) is 0 Å². The first-order chi connectivity index (χ1) is 13.3. The molecule has 0 unspecified atom stereocenters. The number of anilines is 1. The van der Waals surface area contributed by atoms with E-state index in [0.717, 1.165) is 0 Å². The highest BCUT2D eigenvalue weighted by Gasteiger charge is 2.13. The summed E-state index contributed by atoms with van der Waals surface area (Å²) in [4.78, 5) is 24.2. The molecular formula is C22H28N2O4. The van der Waals surface area contributed by atoms with Crippen molar-refractivity contribution in [3.05, 3.63) is 59.7 Å². The van der Waals surface area contributed by atoms with Crippen LogP contribution in [0.15, 0.2) is 48.5 Å². The van der Waals surface area contributed by atoms with E-state index >= 15 is 0 Å². The van der Waals surface area contributed by atoms with Crippen LogP contribution in [0, 0.1) is 0 Å². The molecule has 2 aromatic rings. The highest BCUT2D eigenvalue weighted by molar-refractivity contribution is 5.97. The van der Waals surface area contributed by atoms with Crippen molar-refractivity contribution in [2.24, 2.45) is 0 Å². The van der Waals surface area contributed by atoms with Crippen LogP contribution in [0.1, 0.15) is 36.7 Å². The largest absolute Gasteiger partial charge is 0.484 e. The molecule has 0 radical (unpaired) electrons. The number of hydrogen-bond donors (Lipinski definition) is 2. The van der Waals surface area contributed by atoms with E-state index in [9.17, 15) is 9.59 Å². The van der Waals surface area contributed by atoms with Gasteiger partial charge in [-0.2, -0.15) is 0 Å². The van der Waals surface area contributed by atoms with Crippen LogP contribution in [0.25, 0.3) is 0 Å². The Morgan fingerprint density at radius 3 is 2.39 bits per heavy atom. The van der Waals surface area contributed by atoms with Gasteiger partial charge in [-0.05, 0) is 41.3 Å². The van der Waals surface area contributed by atoms with Crippen molar-refractivity contribution in [3.8, 4) is 5.75 Å². The Kier molecular flexibility index (Phi) is 7.58. The van der Waals surface area contributed by atoms with Gasteiger partial charge in [-0.15, -0.1) is 0 Å². The van der Waals surface area contributed by atoms with Gasteiger partial charge in [0, 0.05) is 24.9 Å². The first-order valence-corrected chi connectivity index (χ1v) is 9.20. The number of benzene rings is 2. The Hall–Kier alpha value is -2.86. The summed E-state index contributed by atoms with van der Waals surface area (Å²) in [7, 11) is 1.57. The first kappa shape index (κ1) is 21.4. The van der Waals surface area contributed by atoms with Gasteiger partial charge >= 0.3 is 0 Å². The summed E-state index contributed by atoms with van der Waals surface area (Å²) in [6.45, 7) is 7.18. The van der Waals surface area contributed by atoms with Gasteiger partial charge in [0.05, 0.1) is 6.61 Å². The second-order valence-electron chi connectivity index (χ2n) is 7.44. The Bertz CT molecular complexity index is 795. The third-order valence-corrected chi connectivity index (χ3v) is 4.09. The summed E-state index contributed by atoms with van der Waals surface area (Å²) in [5.74, 6) is 0.120. The van der Waals surface area contributed by atoms with Crippen LogP contribution in [0.2, 0.25) is 0 Å². The molecule has 28 heavy (non-hydrogen) atoms. The lowest BCUT2D eigenvalue weighted by molar-refractivity contribution is -0.118. The summed E-state index contributed by atoms with van der Waals surface area (Å²) < 4.78 is 10.5. The average molecular weight is 384 g/mol. The van der Waals surface area contributed by atoms with Crippen molar-refractivity contribution in [2.45, 2.75) is 26.2 Å². The molecular weight excluding hydrogens is 356 g/mol. The van der Waals surface area contributed by atoms with Crippen molar-refractivity contribution in [3.63, 3.8) is 0 Å². The topological polar surface area (TPSA) is 76.7 Å². The number of rotatable bonds is 8. The normalized spacial score (nSPS) is 11.0. The van der Waals surface area contributed by atoms with Crippen molar-refractivity contribution in [2.75, 3.05) is 32.2 Å². The van der Waals surface area contributed by atoms with E-state index in [1.807, 2.05) is 24.3 Å². The fourth-order valence-electron chi connectivity index (χ4n) is 2.50. The number of methoxy groups -OCH3 is 1. The molecule has 2 amide bonds. The predicted molar refractivity (Wildman–Crippen MR) is 110 cm³/mol. The van der Waals surface area contributed by atoms with Crippen molar-refractivity contribution < 1.29 is 19.1 Å². The molecule has 0 saturated carbocycles. The molecule has 6 nitrogen and oxygen atoms in total. The summed E-state index contributed by atoms with van der Waals surface area (Å²) in [6.07, 6.45) is 0. The standard InChI is InChI=1S/C22H28N2O4/c1-22(2,3)17-8-10-19(11-9-17)28-15-20(25)24-18-7-5-6-16(14-18)21(26)23-12-13-27-4/h5-11,14H,12-13,15H2,1-4H3,(H,23,26)(H,24,25). The maximum absolute atomic E-state index is 12.2. The molecule has 0 spiro atoms. The Labute approximate surface area is 166 Å². The first-order valence-electron chi connectivity index (χ1n) is 9.20. The van der Waals surface area contributed by atoms with Crippen molar-refractivity contribution in [1.29, 1.82) is 0 Å². The molecule has 2 aromatic carbocycles. The number of carbonyl (C=O) groups is 2. The summed E-state index contributed by atoms with van der Waals surface area (Å²) in [5, 5.41) is 5.48. The number of ether oxygens (including phenoxy) is 2. The third kappa shape index (κ3) is 6.70. The van der Waals surface area contributed by atoms with Gasteiger partial charge in [0.25, 0.3) is 11.8 Å². The zero-order valence-electron chi connectivity index (χ0n) is 16.9. The number of nitrogens with one attached hydrogen (secondary N) is 2. The summed E-state index contributed by atoms with van der Waals surface area (Å²) in [5.41, 5.74) is 2.27.